The van der Waals surface area contributed by atoms with Gasteiger partial charge >= 0.3 is 12.1 Å². The summed E-state index contributed by atoms with van der Waals surface area (Å²) in [5.41, 5.74) is 3.30. The van der Waals surface area contributed by atoms with Crippen LogP contribution < -0.4 is 5.32 Å². The van der Waals surface area contributed by atoms with Gasteiger partial charge in [0.15, 0.2) is 0 Å². The lowest BCUT2D eigenvalue weighted by Gasteiger charge is -2.37. The van der Waals surface area contributed by atoms with Gasteiger partial charge in [-0.25, -0.2) is 4.79 Å². The monoisotopic (exact) mass is 412 g/mol. The fourth-order valence-electron chi connectivity index (χ4n) is 3.60. The number of thiophene rings is 1. The van der Waals surface area contributed by atoms with Crippen LogP contribution in [-0.2, 0) is 21.5 Å². The molecule has 4 rings (SSSR count). The van der Waals surface area contributed by atoms with Crippen molar-refractivity contribution in [2.45, 2.75) is 31.0 Å². The average Bonchev–Trinajstić information content (AvgIpc) is 3.24. The molecule has 1 fully saturated rings. The minimum absolute atomic E-state index is 0.193. The second-order valence-corrected chi connectivity index (χ2v) is 7.57. The minimum Gasteiger partial charge on any atom is -0.475 e. The van der Waals surface area contributed by atoms with Crippen LogP contribution in [0, 0.1) is 0 Å². The number of piperidine rings is 1. The van der Waals surface area contributed by atoms with Gasteiger partial charge in [0, 0.05) is 12.2 Å². The molecule has 1 saturated heterocycles. The molecular formula is C19H19F3N2O3S. The fraction of sp³-hybridized carbons (Fsp3) is 0.368. The molecule has 3 heterocycles. The summed E-state index contributed by atoms with van der Waals surface area (Å²) in [4.78, 5) is 23.9. The molecule has 0 radical (unpaired) electrons. The van der Waals surface area contributed by atoms with Crippen LogP contribution in [0.25, 0.3) is 0 Å². The van der Waals surface area contributed by atoms with Crippen LogP contribution in [0.4, 0.5) is 18.9 Å². The molecule has 0 unspecified atom stereocenters. The largest absolute Gasteiger partial charge is 0.490 e. The number of nitrogens with one attached hydrogen (secondary N) is 1. The smallest absolute Gasteiger partial charge is 0.475 e. The van der Waals surface area contributed by atoms with Crippen molar-refractivity contribution in [1.82, 2.24) is 4.90 Å². The summed E-state index contributed by atoms with van der Waals surface area (Å²) < 4.78 is 31.7. The number of carboxylic acids is 1. The van der Waals surface area contributed by atoms with Crippen LogP contribution in [0.5, 0.6) is 0 Å². The Balaban J connectivity index is 0.000000279. The number of hydrogen-bond acceptors (Lipinski definition) is 4. The SMILES string of the molecule is O=C(O)C(F)(F)F.O=C1Nc2ccccc2C12CCN(Cc1ccsc1)CC2. The maximum absolute atomic E-state index is 12.5. The molecule has 2 aliphatic rings. The zero-order chi connectivity index (χ0) is 20.4. The maximum Gasteiger partial charge on any atom is 0.490 e. The third-order valence-corrected chi connectivity index (χ3v) is 5.80. The molecule has 150 valence electrons. The summed E-state index contributed by atoms with van der Waals surface area (Å²) >= 11 is 1.75. The number of amides is 1. The van der Waals surface area contributed by atoms with Gasteiger partial charge in [-0.15, -0.1) is 0 Å². The average molecular weight is 412 g/mol. The summed E-state index contributed by atoms with van der Waals surface area (Å²) in [6, 6.07) is 10.3. The maximum atomic E-state index is 12.5. The summed E-state index contributed by atoms with van der Waals surface area (Å²) in [5.74, 6) is -2.56. The number of para-hydroxylation sites is 1. The van der Waals surface area contributed by atoms with Gasteiger partial charge in [0.25, 0.3) is 0 Å². The lowest BCUT2D eigenvalue weighted by Crippen LogP contribution is -2.46. The number of fused-ring (bicyclic) bond motifs is 2. The van der Waals surface area contributed by atoms with E-state index < -0.39 is 12.1 Å². The molecule has 9 heteroatoms. The van der Waals surface area contributed by atoms with Crippen molar-refractivity contribution in [3.8, 4) is 0 Å². The summed E-state index contributed by atoms with van der Waals surface area (Å²) in [7, 11) is 0. The summed E-state index contributed by atoms with van der Waals surface area (Å²) in [6.45, 7) is 2.97. The summed E-state index contributed by atoms with van der Waals surface area (Å²) in [6.07, 6.45) is -3.25. The first-order valence-corrected chi connectivity index (χ1v) is 9.61. The van der Waals surface area contributed by atoms with E-state index in [2.05, 4.69) is 33.1 Å². The third-order valence-electron chi connectivity index (χ3n) is 5.06. The Morgan fingerprint density at radius 2 is 1.86 bits per heavy atom. The van der Waals surface area contributed by atoms with Crippen molar-refractivity contribution in [3.05, 3.63) is 52.2 Å². The number of benzene rings is 1. The van der Waals surface area contributed by atoms with Crippen LogP contribution in [0.1, 0.15) is 24.0 Å². The predicted molar refractivity (Wildman–Crippen MR) is 99.3 cm³/mol. The van der Waals surface area contributed by atoms with E-state index in [0.717, 1.165) is 38.2 Å². The Morgan fingerprint density at radius 1 is 1.21 bits per heavy atom. The predicted octanol–water partition coefficient (Wildman–Crippen LogP) is 3.87. The molecule has 2 N–H and O–H groups in total. The van der Waals surface area contributed by atoms with Crippen LogP contribution in [0.15, 0.2) is 41.1 Å². The second kappa shape index (κ2) is 7.92. The van der Waals surface area contributed by atoms with Gasteiger partial charge in [-0.05, 0) is 60.0 Å². The number of aliphatic carboxylic acids is 1. The zero-order valence-corrected chi connectivity index (χ0v) is 15.6. The molecule has 28 heavy (non-hydrogen) atoms. The number of nitrogens with zero attached hydrogens (tertiary/aromatic N) is 1. The molecule has 1 aromatic heterocycles. The molecule has 0 atom stereocenters. The number of carbonyl (C=O) groups is 2. The highest BCUT2D eigenvalue weighted by molar-refractivity contribution is 7.07. The van der Waals surface area contributed by atoms with Gasteiger partial charge in [0.2, 0.25) is 5.91 Å². The molecule has 0 bridgehead atoms. The Hall–Kier alpha value is -2.39. The molecule has 1 spiro atoms. The minimum atomic E-state index is -5.08. The van der Waals surface area contributed by atoms with Gasteiger partial charge in [0.05, 0.1) is 5.41 Å². The van der Waals surface area contributed by atoms with Crippen LogP contribution in [0.2, 0.25) is 0 Å². The van der Waals surface area contributed by atoms with Crippen LogP contribution >= 0.6 is 11.3 Å². The Kier molecular flexibility index (Phi) is 5.76. The van der Waals surface area contributed by atoms with Crippen molar-refractivity contribution < 1.29 is 27.9 Å². The Morgan fingerprint density at radius 3 is 2.43 bits per heavy atom. The summed E-state index contributed by atoms with van der Waals surface area (Å²) in [5, 5.41) is 14.5. The third kappa shape index (κ3) is 4.20. The molecule has 0 aliphatic carbocycles. The van der Waals surface area contributed by atoms with E-state index in [1.165, 1.54) is 11.1 Å². The zero-order valence-electron chi connectivity index (χ0n) is 14.8. The molecule has 0 saturated carbocycles. The Bertz CT molecular complexity index is 844. The molecule has 5 nitrogen and oxygen atoms in total. The first-order chi connectivity index (χ1) is 13.2. The van der Waals surface area contributed by atoms with Gasteiger partial charge in [0.1, 0.15) is 0 Å². The van der Waals surface area contributed by atoms with Crippen LogP contribution in [0.3, 0.4) is 0 Å². The first-order valence-electron chi connectivity index (χ1n) is 8.67. The van der Waals surface area contributed by atoms with E-state index in [1.54, 1.807) is 11.3 Å². The number of rotatable bonds is 2. The van der Waals surface area contributed by atoms with Gasteiger partial charge in [-0.3, -0.25) is 9.69 Å². The number of carboxylic acid groups (broad SMARTS) is 1. The number of halogens is 3. The van der Waals surface area contributed by atoms with E-state index in [-0.39, 0.29) is 11.3 Å². The highest BCUT2D eigenvalue weighted by Gasteiger charge is 2.48. The fourth-order valence-corrected chi connectivity index (χ4v) is 4.26. The van der Waals surface area contributed by atoms with Crippen molar-refractivity contribution in [1.29, 1.82) is 0 Å². The first kappa shape index (κ1) is 20.3. The molecule has 1 aromatic carbocycles. The molecule has 1 amide bonds. The van der Waals surface area contributed by atoms with Crippen molar-refractivity contribution in [3.63, 3.8) is 0 Å². The van der Waals surface area contributed by atoms with Crippen LogP contribution in [-0.4, -0.2) is 41.1 Å². The molecule has 2 aromatic rings. The van der Waals surface area contributed by atoms with Crippen molar-refractivity contribution >= 4 is 28.9 Å². The van der Waals surface area contributed by atoms with Crippen molar-refractivity contribution in [2.24, 2.45) is 0 Å². The second-order valence-electron chi connectivity index (χ2n) is 6.79. The number of anilines is 1. The van der Waals surface area contributed by atoms with E-state index in [4.69, 9.17) is 9.90 Å². The highest BCUT2D eigenvalue weighted by atomic mass is 32.1. The number of hydrogen-bond donors (Lipinski definition) is 2. The van der Waals surface area contributed by atoms with Gasteiger partial charge in [-0.1, -0.05) is 18.2 Å². The van der Waals surface area contributed by atoms with E-state index >= 15 is 0 Å². The highest BCUT2D eigenvalue weighted by Crippen LogP contribution is 2.44. The standard InChI is InChI=1S/C17H18N2OS.C2HF3O2/c20-16-17(14-3-1-2-4-15(14)18-16)6-8-19(9-7-17)11-13-5-10-21-12-13;3-2(4,5)1(6)7/h1-5,10,12H,6-9,11H2,(H,18,20);(H,6,7). The molecule has 2 aliphatic heterocycles. The molecular weight excluding hydrogens is 393 g/mol. The topological polar surface area (TPSA) is 69.6 Å². The van der Waals surface area contributed by atoms with Gasteiger partial charge in [-0.2, -0.15) is 24.5 Å². The van der Waals surface area contributed by atoms with E-state index in [0.29, 0.717) is 0 Å². The number of alkyl halides is 3. The lowest BCUT2D eigenvalue weighted by molar-refractivity contribution is -0.192. The number of likely N-dealkylation sites (tertiary alicyclic amines) is 1. The van der Waals surface area contributed by atoms with E-state index in [9.17, 15) is 18.0 Å². The normalized spacial score (nSPS) is 18.2. The van der Waals surface area contributed by atoms with Crippen molar-refractivity contribution in [2.75, 3.05) is 18.4 Å². The Labute approximate surface area is 163 Å². The number of carbonyl (C=O) groups excluding carboxylic acids is 1. The quantitative estimate of drug-likeness (QED) is 0.786. The van der Waals surface area contributed by atoms with E-state index in [1.807, 2.05) is 18.2 Å². The lowest BCUT2D eigenvalue weighted by atomic mass is 9.73. The van der Waals surface area contributed by atoms with Gasteiger partial charge < -0.3 is 10.4 Å².